The van der Waals surface area contributed by atoms with Crippen LogP contribution in [0.25, 0.3) is 0 Å². The third-order valence-electron chi connectivity index (χ3n) is 4.24. The van der Waals surface area contributed by atoms with Crippen molar-refractivity contribution in [2.75, 3.05) is 33.8 Å². The molecule has 1 saturated heterocycles. The number of methoxy groups -OCH3 is 1. The number of hydrogen-bond donors (Lipinski definition) is 0. The lowest BCUT2D eigenvalue weighted by Gasteiger charge is -2.39. The summed E-state index contributed by atoms with van der Waals surface area (Å²) in [6, 6.07) is 12.6. The first-order chi connectivity index (χ1) is 11.5. The van der Waals surface area contributed by atoms with Gasteiger partial charge in [-0.3, -0.25) is 0 Å². The van der Waals surface area contributed by atoms with E-state index in [1.165, 1.54) is 13.3 Å². The summed E-state index contributed by atoms with van der Waals surface area (Å²) in [4.78, 5) is 6.37. The molecule has 1 aromatic heterocycles. The van der Waals surface area contributed by atoms with Crippen molar-refractivity contribution in [3.8, 4) is 5.88 Å². The van der Waals surface area contributed by atoms with Crippen LogP contribution in [-0.2, 0) is 10.0 Å². The molecule has 0 N–H and O–H groups in total. The molecule has 128 valence electrons. The Hall–Kier alpha value is -1.96. The van der Waals surface area contributed by atoms with Crippen LogP contribution in [0, 0.1) is 0 Å². The van der Waals surface area contributed by atoms with Gasteiger partial charge in [-0.2, -0.15) is 4.31 Å². The summed E-state index contributed by atoms with van der Waals surface area (Å²) in [5.41, 5.74) is 0.995. The number of sulfonamides is 1. The molecule has 1 aromatic carbocycles. The highest BCUT2D eigenvalue weighted by Crippen LogP contribution is 2.30. The molecule has 2 aromatic rings. The predicted octanol–water partition coefficient (Wildman–Crippen LogP) is 1.77. The van der Waals surface area contributed by atoms with Crippen LogP contribution in [0.2, 0.25) is 0 Å². The Balaban J connectivity index is 1.97. The second-order valence-electron chi connectivity index (χ2n) is 5.84. The molecular formula is C17H21N3O3S. The molecule has 0 radical (unpaired) electrons. The Labute approximate surface area is 142 Å². The van der Waals surface area contributed by atoms with E-state index >= 15 is 0 Å². The van der Waals surface area contributed by atoms with Gasteiger partial charge in [0.1, 0.15) is 4.90 Å². The number of piperazine rings is 1. The first-order valence-electron chi connectivity index (χ1n) is 7.78. The lowest BCUT2D eigenvalue weighted by atomic mass is 10.1. The van der Waals surface area contributed by atoms with E-state index in [0.29, 0.717) is 25.5 Å². The third kappa shape index (κ3) is 3.28. The van der Waals surface area contributed by atoms with E-state index in [4.69, 9.17) is 4.74 Å². The van der Waals surface area contributed by atoms with Crippen LogP contribution in [0.5, 0.6) is 5.88 Å². The molecule has 0 saturated carbocycles. The normalized spacial score (nSPS) is 20.0. The third-order valence-corrected chi connectivity index (χ3v) is 6.14. The molecule has 0 spiro atoms. The van der Waals surface area contributed by atoms with Gasteiger partial charge in [-0.25, -0.2) is 13.4 Å². The van der Waals surface area contributed by atoms with Gasteiger partial charge in [-0.05, 0) is 18.7 Å². The maximum Gasteiger partial charge on any atom is 0.245 e. The molecule has 3 rings (SSSR count). The Bertz CT molecular complexity index is 778. The topological polar surface area (TPSA) is 62.7 Å². The quantitative estimate of drug-likeness (QED) is 0.843. The number of pyridine rings is 1. The van der Waals surface area contributed by atoms with Crippen LogP contribution in [0.15, 0.2) is 53.6 Å². The van der Waals surface area contributed by atoms with Gasteiger partial charge >= 0.3 is 0 Å². The monoisotopic (exact) mass is 347 g/mol. The van der Waals surface area contributed by atoms with E-state index in [0.717, 1.165) is 5.56 Å². The maximum absolute atomic E-state index is 13.1. The molecule has 0 bridgehead atoms. The zero-order valence-corrected chi connectivity index (χ0v) is 14.6. The summed E-state index contributed by atoms with van der Waals surface area (Å²) in [5, 5.41) is 0. The highest BCUT2D eigenvalue weighted by Gasteiger charge is 2.36. The molecule has 1 fully saturated rings. The summed E-state index contributed by atoms with van der Waals surface area (Å²) in [5.74, 6) is 0.395. The first kappa shape index (κ1) is 16.9. The highest BCUT2D eigenvalue weighted by molar-refractivity contribution is 7.89. The summed E-state index contributed by atoms with van der Waals surface area (Å²) < 4.78 is 32.8. The largest absolute Gasteiger partial charge is 0.481 e. The zero-order valence-electron chi connectivity index (χ0n) is 13.8. The lowest BCUT2D eigenvalue weighted by molar-refractivity contribution is 0.160. The number of benzene rings is 1. The van der Waals surface area contributed by atoms with Crippen LogP contribution in [0.3, 0.4) is 0 Å². The van der Waals surface area contributed by atoms with E-state index in [9.17, 15) is 8.42 Å². The van der Waals surface area contributed by atoms with Gasteiger partial charge in [0.15, 0.2) is 0 Å². The van der Waals surface area contributed by atoms with Gasteiger partial charge in [-0.15, -0.1) is 0 Å². The summed E-state index contributed by atoms with van der Waals surface area (Å²) >= 11 is 0. The van der Waals surface area contributed by atoms with Gasteiger partial charge in [-0.1, -0.05) is 30.3 Å². The molecule has 6 nitrogen and oxygen atoms in total. The molecular weight excluding hydrogens is 326 g/mol. The van der Waals surface area contributed by atoms with Crippen LogP contribution >= 0.6 is 0 Å². The molecule has 1 aliphatic rings. The van der Waals surface area contributed by atoms with Crippen molar-refractivity contribution in [2.24, 2.45) is 0 Å². The number of likely N-dealkylation sites (N-methyl/N-ethyl adjacent to an activating group) is 1. The van der Waals surface area contributed by atoms with Crippen molar-refractivity contribution in [2.45, 2.75) is 10.9 Å². The minimum absolute atomic E-state index is 0.189. The van der Waals surface area contributed by atoms with E-state index < -0.39 is 10.0 Å². The van der Waals surface area contributed by atoms with Gasteiger partial charge in [0.25, 0.3) is 0 Å². The minimum Gasteiger partial charge on any atom is -0.481 e. The van der Waals surface area contributed by atoms with Crippen LogP contribution < -0.4 is 4.74 Å². The van der Waals surface area contributed by atoms with E-state index in [-0.39, 0.29) is 10.9 Å². The number of hydrogen-bond acceptors (Lipinski definition) is 5. The number of rotatable bonds is 4. The summed E-state index contributed by atoms with van der Waals surface area (Å²) in [6.45, 7) is 1.81. The molecule has 0 aliphatic carbocycles. The van der Waals surface area contributed by atoms with Crippen molar-refractivity contribution >= 4 is 10.0 Å². The van der Waals surface area contributed by atoms with Crippen LogP contribution in [0.4, 0.5) is 0 Å². The van der Waals surface area contributed by atoms with E-state index in [1.54, 1.807) is 16.4 Å². The summed E-state index contributed by atoms with van der Waals surface area (Å²) in [6.07, 6.45) is 1.36. The Morgan fingerprint density at radius 2 is 1.88 bits per heavy atom. The predicted molar refractivity (Wildman–Crippen MR) is 91.4 cm³/mol. The van der Waals surface area contributed by atoms with Crippen LogP contribution in [-0.4, -0.2) is 56.4 Å². The molecule has 1 aliphatic heterocycles. The highest BCUT2D eigenvalue weighted by atomic mass is 32.2. The van der Waals surface area contributed by atoms with Gasteiger partial charge in [0, 0.05) is 25.7 Å². The smallest absolute Gasteiger partial charge is 0.245 e. The Kier molecular flexibility index (Phi) is 4.84. The molecule has 1 atom stereocenters. The number of nitrogens with zero attached hydrogens (tertiary/aromatic N) is 3. The molecule has 7 heteroatoms. The molecule has 0 amide bonds. The van der Waals surface area contributed by atoms with Crippen molar-refractivity contribution in [3.63, 3.8) is 0 Å². The first-order valence-corrected chi connectivity index (χ1v) is 9.22. The van der Waals surface area contributed by atoms with Crippen molar-refractivity contribution < 1.29 is 13.2 Å². The zero-order chi connectivity index (χ0) is 17.2. The number of ether oxygens (including phenoxy) is 1. The van der Waals surface area contributed by atoms with Crippen molar-refractivity contribution in [1.82, 2.24) is 14.2 Å². The molecule has 24 heavy (non-hydrogen) atoms. The Morgan fingerprint density at radius 3 is 2.50 bits per heavy atom. The minimum atomic E-state index is -3.62. The van der Waals surface area contributed by atoms with Crippen LogP contribution in [0.1, 0.15) is 11.6 Å². The lowest BCUT2D eigenvalue weighted by Crippen LogP contribution is -2.49. The molecule has 2 heterocycles. The van der Waals surface area contributed by atoms with E-state index in [1.807, 2.05) is 37.4 Å². The maximum atomic E-state index is 13.1. The fourth-order valence-corrected chi connectivity index (χ4v) is 4.45. The SMILES string of the molecule is COc1ccc(S(=O)(=O)N2CCN(C)CC2c2ccccc2)cn1. The average Bonchev–Trinajstić information content (AvgIpc) is 2.62. The standard InChI is InChI=1S/C17H21N3O3S/c1-19-10-11-20(16(13-19)14-6-4-3-5-7-14)24(21,22)15-8-9-17(23-2)18-12-15/h3-9,12,16H,10-11,13H2,1-2H3. The average molecular weight is 347 g/mol. The van der Waals surface area contributed by atoms with Gasteiger partial charge in [0.05, 0.1) is 19.3 Å². The summed E-state index contributed by atoms with van der Waals surface area (Å²) in [7, 11) is -0.108. The number of aromatic nitrogens is 1. The fourth-order valence-electron chi connectivity index (χ4n) is 2.91. The van der Waals surface area contributed by atoms with Crippen molar-refractivity contribution in [1.29, 1.82) is 0 Å². The fraction of sp³-hybridized carbons (Fsp3) is 0.353. The second-order valence-corrected chi connectivity index (χ2v) is 7.73. The van der Waals surface area contributed by atoms with Gasteiger partial charge in [0.2, 0.25) is 15.9 Å². The molecule has 1 unspecified atom stereocenters. The van der Waals surface area contributed by atoms with E-state index in [2.05, 4.69) is 9.88 Å². The van der Waals surface area contributed by atoms with Gasteiger partial charge < -0.3 is 9.64 Å². The Morgan fingerprint density at radius 1 is 1.12 bits per heavy atom. The van der Waals surface area contributed by atoms with Crippen molar-refractivity contribution in [3.05, 3.63) is 54.2 Å². The second kappa shape index (κ2) is 6.88.